The first kappa shape index (κ1) is 15.6. The standard InChI is InChI=1S/C17H12Cl2N2O2/c18-13-4-7-15(16(19)10-13)17(22)23-11-12-2-5-14(6-3-12)21-9-1-8-20-21/h1-10H,11H2. The Bertz CT molecular complexity index is 815. The van der Waals surface area contributed by atoms with Gasteiger partial charge < -0.3 is 4.74 Å². The molecule has 0 aliphatic carbocycles. The predicted octanol–water partition coefficient (Wildman–Crippen LogP) is 4.54. The smallest absolute Gasteiger partial charge is 0.339 e. The van der Waals surface area contributed by atoms with E-state index in [1.54, 1.807) is 23.0 Å². The van der Waals surface area contributed by atoms with Gasteiger partial charge in [-0.15, -0.1) is 0 Å². The third-order valence-electron chi connectivity index (χ3n) is 3.23. The summed E-state index contributed by atoms with van der Waals surface area (Å²) in [4.78, 5) is 12.0. The number of hydrogen-bond donors (Lipinski definition) is 0. The number of carbonyl (C=O) groups is 1. The van der Waals surface area contributed by atoms with E-state index in [9.17, 15) is 4.79 Å². The first-order valence-corrected chi connectivity index (χ1v) is 7.60. The fourth-order valence-electron chi connectivity index (χ4n) is 2.05. The summed E-state index contributed by atoms with van der Waals surface area (Å²) in [5.41, 5.74) is 2.11. The molecule has 116 valence electrons. The Morgan fingerprint density at radius 3 is 2.57 bits per heavy atom. The summed E-state index contributed by atoms with van der Waals surface area (Å²) < 4.78 is 7.03. The molecule has 0 amide bonds. The molecule has 0 spiro atoms. The van der Waals surface area contributed by atoms with Gasteiger partial charge in [0.05, 0.1) is 16.3 Å². The van der Waals surface area contributed by atoms with Crippen molar-refractivity contribution < 1.29 is 9.53 Å². The van der Waals surface area contributed by atoms with E-state index in [1.807, 2.05) is 36.5 Å². The maximum atomic E-state index is 12.0. The van der Waals surface area contributed by atoms with Crippen molar-refractivity contribution in [2.24, 2.45) is 0 Å². The van der Waals surface area contributed by atoms with Crippen molar-refractivity contribution in [3.8, 4) is 5.69 Å². The average molecular weight is 347 g/mol. The van der Waals surface area contributed by atoms with E-state index in [0.29, 0.717) is 10.6 Å². The van der Waals surface area contributed by atoms with Gasteiger partial charge in [-0.3, -0.25) is 0 Å². The molecule has 0 unspecified atom stereocenters. The summed E-state index contributed by atoms with van der Waals surface area (Å²) in [6, 6.07) is 14.1. The van der Waals surface area contributed by atoms with Gasteiger partial charge in [0.15, 0.2) is 0 Å². The summed E-state index contributed by atoms with van der Waals surface area (Å²) in [7, 11) is 0. The van der Waals surface area contributed by atoms with Crippen molar-refractivity contribution in [3.05, 3.63) is 82.1 Å². The topological polar surface area (TPSA) is 44.1 Å². The Morgan fingerprint density at radius 1 is 1.13 bits per heavy atom. The maximum absolute atomic E-state index is 12.0. The molecule has 2 aromatic carbocycles. The van der Waals surface area contributed by atoms with Crippen LogP contribution in [0.4, 0.5) is 0 Å². The molecule has 0 bridgehead atoms. The number of esters is 1. The number of aromatic nitrogens is 2. The first-order chi connectivity index (χ1) is 11.1. The Hall–Kier alpha value is -2.30. The second-order valence-corrected chi connectivity index (χ2v) is 5.66. The zero-order valence-corrected chi connectivity index (χ0v) is 13.5. The van der Waals surface area contributed by atoms with E-state index >= 15 is 0 Å². The highest BCUT2D eigenvalue weighted by Crippen LogP contribution is 2.22. The van der Waals surface area contributed by atoms with Crippen molar-refractivity contribution >= 4 is 29.2 Å². The fourth-order valence-corrected chi connectivity index (χ4v) is 2.53. The van der Waals surface area contributed by atoms with Crippen molar-refractivity contribution in [2.75, 3.05) is 0 Å². The fraction of sp³-hybridized carbons (Fsp3) is 0.0588. The molecule has 23 heavy (non-hydrogen) atoms. The van der Waals surface area contributed by atoms with Crippen LogP contribution in [0.3, 0.4) is 0 Å². The van der Waals surface area contributed by atoms with E-state index in [4.69, 9.17) is 27.9 Å². The van der Waals surface area contributed by atoms with Crippen molar-refractivity contribution in [1.29, 1.82) is 0 Å². The van der Waals surface area contributed by atoms with E-state index < -0.39 is 5.97 Å². The number of nitrogens with zero attached hydrogens (tertiary/aromatic N) is 2. The number of benzene rings is 2. The van der Waals surface area contributed by atoms with Crippen molar-refractivity contribution in [1.82, 2.24) is 9.78 Å². The zero-order valence-electron chi connectivity index (χ0n) is 11.9. The first-order valence-electron chi connectivity index (χ1n) is 6.84. The van der Waals surface area contributed by atoms with Crippen molar-refractivity contribution in [2.45, 2.75) is 6.61 Å². The molecule has 6 heteroatoms. The lowest BCUT2D eigenvalue weighted by atomic mass is 10.2. The lowest BCUT2D eigenvalue weighted by Gasteiger charge is -2.07. The summed E-state index contributed by atoms with van der Waals surface area (Å²) in [5.74, 6) is -0.484. The van der Waals surface area contributed by atoms with Crippen LogP contribution in [0.15, 0.2) is 60.9 Å². The van der Waals surface area contributed by atoms with E-state index in [1.165, 1.54) is 6.07 Å². The molecule has 0 fully saturated rings. The SMILES string of the molecule is O=C(OCc1ccc(-n2cccn2)cc1)c1ccc(Cl)cc1Cl. The number of ether oxygens (including phenoxy) is 1. The lowest BCUT2D eigenvalue weighted by molar-refractivity contribution is 0.0473. The minimum atomic E-state index is -0.484. The van der Waals surface area contributed by atoms with Gasteiger partial charge in [-0.1, -0.05) is 35.3 Å². The highest BCUT2D eigenvalue weighted by atomic mass is 35.5. The van der Waals surface area contributed by atoms with Gasteiger partial charge in [-0.25, -0.2) is 9.48 Å². The third kappa shape index (κ3) is 3.73. The minimum Gasteiger partial charge on any atom is -0.457 e. The molecule has 0 N–H and O–H groups in total. The van der Waals surface area contributed by atoms with Gasteiger partial charge >= 0.3 is 5.97 Å². The number of halogens is 2. The number of hydrogen-bond acceptors (Lipinski definition) is 3. The van der Waals surface area contributed by atoms with E-state index in [2.05, 4.69) is 5.10 Å². The summed E-state index contributed by atoms with van der Waals surface area (Å²) >= 11 is 11.8. The molecule has 1 aromatic heterocycles. The largest absolute Gasteiger partial charge is 0.457 e. The van der Waals surface area contributed by atoms with Crippen LogP contribution in [-0.4, -0.2) is 15.7 Å². The predicted molar refractivity (Wildman–Crippen MR) is 89.1 cm³/mol. The lowest BCUT2D eigenvalue weighted by Crippen LogP contribution is -2.06. The Kier molecular flexibility index (Phi) is 4.65. The van der Waals surface area contributed by atoms with Gasteiger partial charge in [0.1, 0.15) is 6.61 Å². The molecule has 1 heterocycles. The number of carbonyl (C=O) groups excluding carboxylic acids is 1. The van der Waals surface area contributed by atoms with Crippen LogP contribution in [0.2, 0.25) is 10.0 Å². The minimum absolute atomic E-state index is 0.164. The molecular formula is C17H12Cl2N2O2. The van der Waals surface area contributed by atoms with Gasteiger partial charge in [0, 0.05) is 17.4 Å². The molecule has 0 atom stereocenters. The molecule has 4 nitrogen and oxygen atoms in total. The van der Waals surface area contributed by atoms with Crippen LogP contribution in [0.25, 0.3) is 5.69 Å². The van der Waals surface area contributed by atoms with Gasteiger partial charge in [-0.05, 0) is 42.0 Å². The summed E-state index contributed by atoms with van der Waals surface area (Å²) in [6.07, 6.45) is 3.57. The quantitative estimate of drug-likeness (QED) is 0.651. The van der Waals surface area contributed by atoms with Crippen LogP contribution in [0, 0.1) is 0 Å². The highest BCUT2D eigenvalue weighted by molar-refractivity contribution is 6.36. The Balaban J connectivity index is 1.65. The average Bonchev–Trinajstić information content (AvgIpc) is 3.07. The van der Waals surface area contributed by atoms with E-state index in [0.717, 1.165) is 11.3 Å². The van der Waals surface area contributed by atoms with Gasteiger partial charge in [0.2, 0.25) is 0 Å². The van der Waals surface area contributed by atoms with Crippen LogP contribution in [0.1, 0.15) is 15.9 Å². The van der Waals surface area contributed by atoms with Crippen molar-refractivity contribution in [3.63, 3.8) is 0 Å². The van der Waals surface area contributed by atoms with Crippen LogP contribution < -0.4 is 0 Å². The third-order valence-corrected chi connectivity index (χ3v) is 3.77. The molecule has 0 saturated carbocycles. The zero-order chi connectivity index (χ0) is 16.2. The molecule has 0 aliphatic rings. The highest BCUT2D eigenvalue weighted by Gasteiger charge is 2.12. The molecule has 0 radical (unpaired) electrons. The molecule has 3 rings (SSSR count). The maximum Gasteiger partial charge on any atom is 0.339 e. The van der Waals surface area contributed by atoms with Crippen LogP contribution in [0.5, 0.6) is 0 Å². The Labute approximate surface area is 143 Å². The van der Waals surface area contributed by atoms with Crippen LogP contribution >= 0.6 is 23.2 Å². The van der Waals surface area contributed by atoms with Crippen LogP contribution in [-0.2, 0) is 11.3 Å². The summed E-state index contributed by atoms with van der Waals surface area (Å²) in [6.45, 7) is 0.164. The Morgan fingerprint density at radius 2 is 1.91 bits per heavy atom. The normalized spacial score (nSPS) is 10.5. The molecule has 3 aromatic rings. The monoisotopic (exact) mass is 346 g/mol. The second kappa shape index (κ2) is 6.86. The molecule has 0 aliphatic heterocycles. The second-order valence-electron chi connectivity index (χ2n) is 4.82. The van der Waals surface area contributed by atoms with Gasteiger partial charge in [-0.2, -0.15) is 5.10 Å². The summed E-state index contributed by atoms with van der Waals surface area (Å²) in [5, 5.41) is 4.90. The molecule has 0 saturated heterocycles. The van der Waals surface area contributed by atoms with E-state index in [-0.39, 0.29) is 11.6 Å². The molecular weight excluding hydrogens is 335 g/mol. The van der Waals surface area contributed by atoms with Gasteiger partial charge in [0.25, 0.3) is 0 Å². The number of rotatable bonds is 4.